The van der Waals surface area contributed by atoms with Gasteiger partial charge in [-0.2, -0.15) is 0 Å². The highest BCUT2D eigenvalue weighted by Gasteiger charge is 2.38. The molecule has 1 saturated carbocycles. The fraction of sp³-hybridized carbons (Fsp3) is 0.941. The van der Waals surface area contributed by atoms with Crippen LogP contribution in [0.1, 0.15) is 73.1 Å². The summed E-state index contributed by atoms with van der Waals surface area (Å²) in [5, 5.41) is 0. The molecule has 0 aromatic carbocycles. The van der Waals surface area contributed by atoms with E-state index >= 15 is 0 Å². The van der Waals surface area contributed by atoms with Crippen LogP contribution in [-0.4, -0.2) is 11.9 Å². The molecule has 2 nitrogen and oxygen atoms in total. The lowest BCUT2D eigenvalue weighted by atomic mass is 9.63. The van der Waals surface area contributed by atoms with Gasteiger partial charge in [-0.1, -0.05) is 34.6 Å². The average Bonchev–Trinajstić information content (AvgIpc) is 2.37. The van der Waals surface area contributed by atoms with E-state index in [4.69, 9.17) is 4.52 Å². The molecule has 1 rings (SSSR count). The maximum Gasteiger partial charge on any atom is 0.133 e. The Morgan fingerprint density at radius 3 is 2.40 bits per heavy atom. The quantitative estimate of drug-likeness (QED) is 0.617. The lowest BCUT2D eigenvalue weighted by Gasteiger charge is -2.41. The molecule has 0 radical (unpaired) electrons. The Kier molecular flexibility index (Phi) is 7.15. The first-order chi connectivity index (χ1) is 9.30. The van der Waals surface area contributed by atoms with Gasteiger partial charge < -0.3 is 4.52 Å². The van der Waals surface area contributed by atoms with Crippen molar-refractivity contribution in [2.24, 2.45) is 23.2 Å². The van der Waals surface area contributed by atoms with E-state index in [1.165, 1.54) is 12.8 Å². The largest absolute Gasteiger partial charge is 0.362 e. The molecule has 118 valence electrons. The van der Waals surface area contributed by atoms with Gasteiger partial charge in [0.25, 0.3) is 0 Å². The Bertz CT molecular complexity index is 316. The van der Waals surface area contributed by atoms with Crippen molar-refractivity contribution < 1.29 is 9.32 Å². The van der Waals surface area contributed by atoms with E-state index in [9.17, 15) is 4.79 Å². The number of ketones is 1. The molecule has 0 aromatic heterocycles. The number of carbonyl (C=O) groups excluding carboxylic acids is 1. The van der Waals surface area contributed by atoms with Crippen molar-refractivity contribution in [3.63, 3.8) is 0 Å². The summed E-state index contributed by atoms with van der Waals surface area (Å²) >= 11 is 0. The molecule has 1 aliphatic carbocycles. The van der Waals surface area contributed by atoms with Gasteiger partial charge in [0.15, 0.2) is 0 Å². The predicted octanol–water partition coefficient (Wildman–Crippen LogP) is 5.02. The van der Waals surface area contributed by atoms with Gasteiger partial charge in [-0.15, -0.1) is 0 Å². The molecule has 1 fully saturated rings. The minimum atomic E-state index is 0.212. The van der Waals surface area contributed by atoms with E-state index in [1.807, 2.05) is 0 Å². The third-order valence-corrected chi connectivity index (χ3v) is 5.93. The maximum absolute atomic E-state index is 11.8. The number of carbonyl (C=O) groups is 1. The Morgan fingerprint density at radius 1 is 1.25 bits per heavy atom. The number of hydrogen-bond donors (Lipinski definition) is 0. The van der Waals surface area contributed by atoms with Crippen LogP contribution in [0.4, 0.5) is 0 Å². The summed E-state index contributed by atoms with van der Waals surface area (Å²) in [6, 6.07) is 0. The first-order valence-corrected chi connectivity index (χ1v) is 8.64. The average molecular weight is 300 g/mol. The number of rotatable bonds is 7. The second kappa shape index (κ2) is 7.90. The molecule has 3 heteroatoms. The van der Waals surface area contributed by atoms with Gasteiger partial charge in [-0.3, -0.25) is 4.79 Å². The molecule has 0 bridgehead atoms. The van der Waals surface area contributed by atoms with Crippen molar-refractivity contribution in [3.05, 3.63) is 0 Å². The van der Waals surface area contributed by atoms with E-state index in [0.29, 0.717) is 29.6 Å². The predicted molar refractivity (Wildman–Crippen MR) is 88.6 cm³/mol. The molecular weight excluding hydrogens is 267 g/mol. The minimum absolute atomic E-state index is 0.212. The molecule has 5 atom stereocenters. The highest BCUT2D eigenvalue weighted by molar-refractivity contribution is 7.09. The van der Waals surface area contributed by atoms with Gasteiger partial charge in [0, 0.05) is 22.3 Å². The Balaban J connectivity index is 2.53. The van der Waals surface area contributed by atoms with Crippen molar-refractivity contribution in [2.75, 3.05) is 0 Å². The Morgan fingerprint density at radius 2 is 1.90 bits per heavy atom. The maximum atomic E-state index is 11.8. The van der Waals surface area contributed by atoms with Gasteiger partial charge in [0.05, 0.1) is 6.10 Å². The van der Waals surface area contributed by atoms with Crippen molar-refractivity contribution in [2.45, 2.75) is 79.2 Å². The van der Waals surface area contributed by atoms with Gasteiger partial charge >= 0.3 is 0 Å². The molecule has 0 aliphatic heterocycles. The third kappa shape index (κ3) is 4.81. The van der Waals surface area contributed by atoms with Gasteiger partial charge in [-0.05, 0) is 48.9 Å². The normalized spacial score (nSPS) is 28.4. The van der Waals surface area contributed by atoms with E-state index in [-0.39, 0.29) is 5.41 Å². The van der Waals surface area contributed by atoms with Crippen LogP contribution in [0.5, 0.6) is 0 Å². The highest BCUT2D eigenvalue weighted by atomic mass is 31.0. The van der Waals surface area contributed by atoms with Gasteiger partial charge in [-0.25, -0.2) is 0 Å². The molecule has 2 unspecified atom stereocenters. The second-order valence-electron chi connectivity index (χ2n) is 7.48. The molecule has 0 heterocycles. The summed E-state index contributed by atoms with van der Waals surface area (Å²) in [4.78, 5) is 11.8. The van der Waals surface area contributed by atoms with E-state index in [2.05, 4.69) is 44.1 Å². The van der Waals surface area contributed by atoms with Crippen molar-refractivity contribution >= 4 is 15.2 Å². The van der Waals surface area contributed by atoms with Crippen LogP contribution in [0.3, 0.4) is 0 Å². The zero-order chi connectivity index (χ0) is 15.3. The smallest absolute Gasteiger partial charge is 0.133 e. The Hall–Kier alpha value is 0.0600. The Labute approximate surface area is 127 Å². The van der Waals surface area contributed by atoms with Crippen LogP contribution >= 0.6 is 9.47 Å². The summed E-state index contributed by atoms with van der Waals surface area (Å²) in [5.41, 5.74) is 0.212. The lowest BCUT2D eigenvalue weighted by molar-refractivity contribution is -0.125. The van der Waals surface area contributed by atoms with Crippen LogP contribution in [-0.2, 0) is 9.32 Å². The summed E-state index contributed by atoms with van der Waals surface area (Å²) in [5.74, 6) is 2.27. The molecule has 0 aromatic rings. The molecular formula is C17H33O2P. The molecule has 20 heavy (non-hydrogen) atoms. The number of hydrogen-bond acceptors (Lipinski definition) is 2. The van der Waals surface area contributed by atoms with Crippen LogP contribution < -0.4 is 0 Å². The van der Waals surface area contributed by atoms with Gasteiger partial charge in [0.1, 0.15) is 5.78 Å². The van der Waals surface area contributed by atoms with E-state index in [0.717, 1.165) is 25.7 Å². The van der Waals surface area contributed by atoms with E-state index < -0.39 is 0 Å². The molecule has 0 amide bonds. The summed E-state index contributed by atoms with van der Waals surface area (Å²) in [7, 11) is 2.41. The first-order valence-electron chi connectivity index (χ1n) is 8.17. The van der Waals surface area contributed by atoms with Crippen molar-refractivity contribution in [1.82, 2.24) is 0 Å². The van der Waals surface area contributed by atoms with E-state index in [1.54, 1.807) is 0 Å². The second-order valence-corrected chi connectivity index (χ2v) is 7.76. The fourth-order valence-electron chi connectivity index (χ4n) is 3.63. The standard InChI is InChI=1S/C17H33O2P/c1-12(2)16(19-20)9-8-13(3)14(4)17(5)10-6-7-15(18)11-17/h12-14,16H,6-11,20H2,1-5H3/t13-,14-,16?,17+/m1/s1. The van der Waals surface area contributed by atoms with Crippen molar-refractivity contribution in [3.8, 4) is 0 Å². The van der Waals surface area contributed by atoms with Crippen LogP contribution in [0.25, 0.3) is 0 Å². The number of Topliss-reactive ketones (excluding diaryl/α,β-unsaturated/α-hetero) is 1. The third-order valence-electron chi connectivity index (χ3n) is 5.58. The topological polar surface area (TPSA) is 26.3 Å². The highest BCUT2D eigenvalue weighted by Crippen LogP contribution is 2.45. The molecule has 0 spiro atoms. The SMILES string of the molecule is CC(C)C(CC[C@@H](C)[C@@H](C)[C@@]1(C)CCCC(=O)C1)OP. The minimum Gasteiger partial charge on any atom is -0.362 e. The van der Waals surface area contributed by atoms with Crippen LogP contribution in [0.15, 0.2) is 0 Å². The van der Waals surface area contributed by atoms with Crippen LogP contribution in [0, 0.1) is 23.2 Å². The zero-order valence-electron chi connectivity index (χ0n) is 13.9. The first kappa shape index (κ1) is 18.1. The summed E-state index contributed by atoms with van der Waals surface area (Å²) < 4.78 is 5.49. The summed E-state index contributed by atoms with van der Waals surface area (Å²) in [6.45, 7) is 11.4. The van der Waals surface area contributed by atoms with Crippen LogP contribution in [0.2, 0.25) is 0 Å². The molecule has 1 aliphatic rings. The fourth-order valence-corrected chi connectivity index (χ4v) is 4.08. The van der Waals surface area contributed by atoms with Crippen molar-refractivity contribution in [1.29, 1.82) is 0 Å². The lowest BCUT2D eigenvalue weighted by Crippen LogP contribution is -2.35. The van der Waals surface area contributed by atoms with Gasteiger partial charge in [0.2, 0.25) is 0 Å². The monoisotopic (exact) mass is 300 g/mol. The molecule has 0 saturated heterocycles. The molecule has 0 N–H and O–H groups in total. The summed E-state index contributed by atoms with van der Waals surface area (Å²) in [6.07, 6.45) is 6.49. The zero-order valence-corrected chi connectivity index (χ0v) is 15.1.